The fourth-order valence-corrected chi connectivity index (χ4v) is 10.1. The molecule has 33 heavy (non-hydrogen) atoms. The molecule has 1 N–H and O–H groups in total. The fourth-order valence-electron chi connectivity index (χ4n) is 10.1. The van der Waals surface area contributed by atoms with E-state index < -0.39 is 11.8 Å². The van der Waals surface area contributed by atoms with Crippen LogP contribution in [0.3, 0.4) is 0 Å². The number of aliphatic carboxylic acids is 1. The average Bonchev–Trinajstić information content (AvgIpc) is 3.34. The number of carbonyl (C=O) groups excluding carboxylic acids is 1. The maximum atomic E-state index is 12.3. The Bertz CT molecular complexity index is 848. The van der Waals surface area contributed by atoms with Crippen molar-refractivity contribution in [3.8, 4) is 0 Å². The molecule has 3 aliphatic heterocycles. The van der Waals surface area contributed by atoms with E-state index in [0.717, 1.165) is 45.1 Å². The smallest absolute Gasteiger partial charge is 0.306 e. The highest BCUT2D eigenvalue weighted by molar-refractivity contribution is 5.73. The number of hydrogen-bond acceptors (Lipinski definition) is 5. The Labute approximate surface area is 197 Å². The molecule has 0 amide bonds. The summed E-state index contributed by atoms with van der Waals surface area (Å²) in [7, 11) is 0. The molecular weight excluding hydrogens is 420 g/mol. The molecule has 6 heteroatoms. The zero-order valence-corrected chi connectivity index (χ0v) is 20.5. The highest BCUT2D eigenvalue weighted by atomic mass is 16.7. The molecule has 184 valence electrons. The number of fused-ring (bicyclic) bond motifs is 6. The molecule has 1 spiro atoms. The van der Waals surface area contributed by atoms with Gasteiger partial charge in [-0.15, -0.1) is 0 Å². The van der Waals surface area contributed by atoms with Crippen LogP contribution >= 0.6 is 0 Å². The lowest BCUT2D eigenvalue weighted by Gasteiger charge is -2.59. The fraction of sp³-hybridized carbons (Fsp3) is 0.926. The molecule has 12 atom stereocenters. The molecule has 6 fully saturated rings. The van der Waals surface area contributed by atoms with Gasteiger partial charge in [-0.1, -0.05) is 27.7 Å². The summed E-state index contributed by atoms with van der Waals surface area (Å²) in [5.41, 5.74) is -0.221. The first-order chi connectivity index (χ1) is 15.6. The molecule has 0 aromatic carbocycles. The molecule has 0 unspecified atom stereocenters. The number of hydrogen-bond donors (Lipinski definition) is 1. The second kappa shape index (κ2) is 7.19. The molecule has 0 aromatic rings. The Hall–Kier alpha value is -1.14. The van der Waals surface area contributed by atoms with Crippen molar-refractivity contribution < 1.29 is 28.9 Å². The minimum absolute atomic E-state index is 0.0312. The topological polar surface area (TPSA) is 82.1 Å². The highest BCUT2D eigenvalue weighted by Gasteiger charge is 2.70. The van der Waals surface area contributed by atoms with Crippen LogP contribution in [0.5, 0.6) is 0 Å². The van der Waals surface area contributed by atoms with Crippen LogP contribution in [0.15, 0.2) is 0 Å². The molecule has 6 nitrogen and oxygen atoms in total. The second-order valence-corrected chi connectivity index (χ2v) is 13.0. The first kappa shape index (κ1) is 22.3. The lowest BCUT2D eigenvalue weighted by Crippen LogP contribution is -2.56. The van der Waals surface area contributed by atoms with Gasteiger partial charge in [0.15, 0.2) is 5.79 Å². The van der Waals surface area contributed by atoms with Gasteiger partial charge in [-0.2, -0.15) is 0 Å². The van der Waals surface area contributed by atoms with Crippen LogP contribution in [0.2, 0.25) is 0 Å². The van der Waals surface area contributed by atoms with Gasteiger partial charge in [0.25, 0.3) is 0 Å². The summed E-state index contributed by atoms with van der Waals surface area (Å²) in [6.45, 7) is 10.0. The molecule has 0 aromatic heterocycles. The van der Waals surface area contributed by atoms with Gasteiger partial charge in [-0.25, -0.2) is 0 Å². The van der Waals surface area contributed by atoms with Crippen LogP contribution in [-0.4, -0.2) is 41.6 Å². The Morgan fingerprint density at radius 1 is 1.06 bits per heavy atom. The Morgan fingerprint density at radius 2 is 1.85 bits per heavy atom. The van der Waals surface area contributed by atoms with E-state index >= 15 is 0 Å². The van der Waals surface area contributed by atoms with E-state index in [-0.39, 0.29) is 41.3 Å². The van der Waals surface area contributed by atoms with Crippen LogP contribution in [0.4, 0.5) is 0 Å². The van der Waals surface area contributed by atoms with Crippen molar-refractivity contribution in [1.82, 2.24) is 0 Å². The number of esters is 1. The van der Waals surface area contributed by atoms with Crippen molar-refractivity contribution in [2.45, 2.75) is 97.1 Å². The lowest BCUT2D eigenvalue weighted by molar-refractivity contribution is -0.273. The van der Waals surface area contributed by atoms with Crippen molar-refractivity contribution in [2.24, 2.45) is 52.3 Å². The third kappa shape index (κ3) is 2.98. The highest BCUT2D eigenvalue weighted by Crippen LogP contribution is 2.71. The van der Waals surface area contributed by atoms with E-state index in [0.29, 0.717) is 41.9 Å². The molecular formula is C27H40O6. The van der Waals surface area contributed by atoms with Gasteiger partial charge in [0.05, 0.1) is 25.6 Å². The molecule has 6 aliphatic rings. The SMILES string of the molecule is C[C@@H]1CC[C@@]2(OC1)O[C@H]1C[C@H]3[C@@H]4C[C@H]5OC(=O)C[C@H]5[C@](C)(CC(=O)O)[C@H]4CC[C@]3(C)[C@H]1[C@@H]2C. The first-order valence-electron chi connectivity index (χ1n) is 13.3. The second-order valence-electron chi connectivity index (χ2n) is 13.0. The third-order valence-corrected chi connectivity index (χ3v) is 11.6. The van der Waals surface area contributed by atoms with Crippen LogP contribution in [0, 0.1) is 52.3 Å². The summed E-state index contributed by atoms with van der Waals surface area (Å²) in [6.07, 6.45) is 6.83. The van der Waals surface area contributed by atoms with Crippen LogP contribution < -0.4 is 0 Å². The minimum atomic E-state index is -0.754. The molecule has 3 saturated heterocycles. The van der Waals surface area contributed by atoms with Gasteiger partial charge < -0.3 is 19.3 Å². The van der Waals surface area contributed by atoms with Crippen LogP contribution in [-0.2, 0) is 23.8 Å². The predicted octanol–water partition coefficient (Wildman–Crippen LogP) is 4.65. The van der Waals surface area contributed by atoms with Crippen molar-refractivity contribution >= 4 is 11.9 Å². The zero-order valence-electron chi connectivity index (χ0n) is 20.5. The van der Waals surface area contributed by atoms with Crippen molar-refractivity contribution in [1.29, 1.82) is 0 Å². The standard InChI is InChI=1S/C27H40O6/c1-14-5-8-27(31-13-14)15(2)24-21(33-27)10-18-16-9-20-19(11-23(30)32-20)26(4,12-22(28)29)17(16)6-7-25(18,24)3/h14-21,24H,5-13H2,1-4H3,(H,28,29)/t14-,15+,16-,17+,18+,19-,20-,21+,24+,25+,26-,27-/m1/s1. The van der Waals surface area contributed by atoms with E-state index in [1.807, 2.05) is 0 Å². The number of rotatable bonds is 2. The number of ether oxygens (including phenoxy) is 3. The van der Waals surface area contributed by atoms with Crippen molar-refractivity contribution in [2.75, 3.05) is 6.61 Å². The average molecular weight is 461 g/mol. The van der Waals surface area contributed by atoms with Gasteiger partial charge in [-0.3, -0.25) is 9.59 Å². The molecule has 0 bridgehead atoms. The zero-order chi connectivity index (χ0) is 23.3. The summed E-state index contributed by atoms with van der Waals surface area (Å²) in [6, 6.07) is 0. The van der Waals surface area contributed by atoms with Gasteiger partial charge in [0.2, 0.25) is 0 Å². The van der Waals surface area contributed by atoms with Crippen molar-refractivity contribution in [3.63, 3.8) is 0 Å². The number of carbonyl (C=O) groups is 2. The summed E-state index contributed by atoms with van der Waals surface area (Å²) >= 11 is 0. The Balaban J connectivity index is 1.31. The van der Waals surface area contributed by atoms with E-state index in [4.69, 9.17) is 14.2 Å². The van der Waals surface area contributed by atoms with E-state index in [1.165, 1.54) is 0 Å². The number of carboxylic acids is 1. The van der Waals surface area contributed by atoms with Gasteiger partial charge in [-0.05, 0) is 72.5 Å². The lowest BCUT2D eigenvalue weighted by atomic mass is 9.45. The van der Waals surface area contributed by atoms with Crippen molar-refractivity contribution in [3.05, 3.63) is 0 Å². The van der Waals surface area contributed by atoms with Crippen LogP contribution in [0.25, 0.3) is 0 Å². The van der Waals surface area contributed by atoms with Gasteiger partial charge in [0, 0.05) is 18.3 Å². The maximum Gasteiger partial charge on any atom is 0.306 e. The third-order valence-electron chi connectivity index (χ3n) is 11.6. The molecule has 6 rings (SSSR count). The summed E-state index contributed by atoms with van der Waals surface area (Å²) in [5.74, 6) is 1.38. The Kier molecular flexibility index (Phi) is 4.87. The summed E-state index contributed by atoms with van der Waals surface area (Å²) in [5, 5.41) is 9.81. The molecule has 3 heterocycles. The quantitative estimate of drug-likeness (QED) is 0.604. The van der Waals surface area contributed by atoms with E-state index in [2.05, 4.69) is 27.7 Å². The predicted molar refractivity (Wildman–Crippen MR) is 120 cm³/mol. The van der Waals surface area contributed by atoms with E-state index in [1.54, 1.807) is 0 Å². The molecule has 3 saturated carbocycles. The maximum absolute atomic E-state index is 12.3. The monoisotopic (exact) mass is 460 g/mol. The van der Waals surface area contributed by atoms with Gasteiger partial charge in [0.1, 0.15) is 6.10 Å². The minimum Gasteiger partial charge on any atom is -0.481 e. The molecule has 3 aliphatic carbocycles. The summed E-state index contributed by atoms with van der Waals surface area (Å²) in [4.78, 5) is 24.2. The molecule has 0 radical (unpaired) electrons. The normalized spacial score (nSPS) is 57.2. The summed E-state index contributed by atoms with van der Waals surface area (Å²) < 4.78 is 19.1. The largest absolute Gasteiger partial charge is 0.481 e. The van der Waals surface area contributed by atoms with E-state index in [9.17, 15) is 14.7 Å². The number of carboxylic acid groups (broad SMARTS) is 1. The Morgan fingerprint density at radius 3 is 2.55 bits per heavy atom. The first-order valence-corrected chi connectivity index (χ1v) is 13.3. The van der Waals surface area contributed by atoms with Gasteiger partial charge >= 0.3 is 11.9 Å². The van der Waals surface area contributed by atoms with Crippen LogP contribution in [0.1, 0.15) is 79.1 Å².